The Bertz CT molecular complexity index is 796. The number of aromatic nitrogens is 1. The number of hydrogen-bond acceptors (Lipinski definition) is 4. The maximum atomic E-state index is 12.6. The molecule has 134 valence electrons. The second-order valence-corrected chi connectivity index (χ2v) is 6.40. The fraction of sp³-hybridized carbons (Fsp3) is 0.300. The quantitative estimate of drug-likeness (QED) is 0.680. The standard InChI is InChI=1S/C20H22N4O2/c1-15-4-2-3-5-18(15)20(26)24-12-8-17(9-13-24)19(25)23-22-14-16-6-10-21-11-7-16/h2-7,10-11,14,17H,8-9,12-13H2,1H3,(H,23,25). The summed E-state index contributed by atoms with van der Waals surface area (Å²) in [6, 6.07) is 11.2. The van der Waals surface area contributed by atoms with Crippen molar-refractivity contribution < 1.29 is 9.59 Å². The van der Waals surface area contributed by atoms with Crippen LogP contribution in [0.4, 0.5) is 0 Å². The van der Waals surface area contributed by atoms with Crippen LogP contribution in [0.3, 0.4) is 0 Å². The Morgan fingerprint density at radius 2 is 1.85 bits per heavy atom. The zero-order chi connectivity index (χ0) is 18.4. The Balaban J connectivity index is 1.50. The number of aryl methyl sites for hydroxylation is 1. The number of pyridine rings is 1. The molecule has 2 aromatic rings. The summed E-state index contributed by atoms with van der Waals surface area (Å²) in [7, 11) is 0. The summed E-state index contributed by atoms with van der Waals surface area (Å²) in [5.41, 5.74) is 5.17. The van der Waals surface area contributed by atoms with Crippen molar-refractivity contribution in [2.75, 3.05) is 13.1 Å². The molecule has 0 atom stereocenters. The Morgan fingerprint density at radius 3 is 2.54 bits per heavy atom. The highest BCUT2D eigenvalue weighted by atomic mass is 16.2. The van der Waals surface area contributed by atoms with E-state index >= 15 is 0 Å². The van der Waals surface area contributed by atoms with Gasteiger partial charge in [0.25, 0.3) is 5.91 Å². The van der Waals surface area contributed by atoms with E-state index in [1.54, 1.807) is 18.6 Å². The second kappa shape index (κ2) is 8.38. The normalized spacial score (nSPS) is 15.2. The molecule has 0 unspecified atom stereocenters. The maximum absolute atomic E-state index is 12.6. The van der Waals surface area contributed by atoms with Crippen molar-refractivity contribution in [3.63, 3.8) is 0 Å². The molecule has 26 heavy (non-hydrogen) atoms. The predicted octanol–water partition coefficient (Wildman–Crippen LogP) is 2.39. The van der Waals surface area contributed by atoms with E-state index in [2.05, 4.69) is 15.5 Å². The van der Waals surface area contributed by atoms with Crippen molar-refractivity contribution in [2.45, 2.75) is 19.8 Å². The van der Waals surface area contributed by atoms with Gasteiger partial charge in [0.1, 0.15) is 0 Å². The largest absolute Gasteiger partial charge is 0.339 e. The first-order chi connectivity index (χ1) is 12.6. The number of nitrogens with one attached hydrogen (secondary N) is 1. The molecule has 2 heterocycles. The summed E-state index contributed by atoms with van der Waals surface area (Å²) in [5, 5.41) is 4.00. The van der Waals surface area contributed by atoms with E-state index in [1.165, 1.54) is 0 Å². The number of hydrazone groups is 1. The number of nitrogens with zero attached hydrogens (tertiary/aromatic N) is 3. The predicted molar refractivity (Wildman–Crippen MR) is 99.8 cm³/mol. The first kappa shape index (κ1) is 17.8. The second-order valence-electron chi connectivity index (χ2n) is 6.40. The number of likely N-dealkylation sites (tertiary alicyclic amines) is 1. The third-order valence-corrected chi connectivity index (χ3v) is 4.62. The Morgan fingerprint density at radius 1 is 1.15 bits per heavy atom. The van der Waals surface area contributed by atoms with Crippen molar-refractivity contribution in [1.29, 1.82) is 0 Å². The lowest BCUT2D eigenvalue weighted by Crippen LogP contribution is -2.42. The Hall–Kier alpha value is -3.02. The van der Waals surface area contributed by atoms with Gasteiger partial charge < -0.3 is 4.90 Å². The van der Waals surface area contributed by atoms with Gasteiger partial charge in [-0.05, 0) is 49.1 Å². The van der Waals surface area contributed by atoms with E-state index in [0.29, 0.717) is 25.9 Å². The number of carbonyl (C=O) groups is 2. The number of piperidine rings is 1. The molecule has 1 aliphatic rings. The van der Waals surface area contributed by atoms with Crippen LogP contribution in [0.25, 0.3) is 0 Å². The van der Waals surface area contributed by atoms with Crippen molar-refractivity contribution in [3.8, 4) is 0 Å². The Kier molecular flexibility index (Phi) is 5.73. The molecule has 0 bridgehead atoms. The fourth-order valence-corrected chi connectivity index (χ4v) is 3.04. The van der Waals surface area contributed by atoms with Crippen LogP contribution in [-0.4, -0.2) is 41.0 Å². The van der Waals surface area contributed by atoms with Gasteiger partial charge in [-0.3, -0.25) is 14.6 Å². The van der Waals surface area contributed by atoms with Crippen LogP contribution in [0.1, 0.15) is 34.3 Å². The van der Waals surface area contributed by atoms with Crippen LogP contribution in [0.2, 0.25) is 0 Å². The van der Waals surface area contributed by atoms with Crippen LogP contribution in [-0.2, 0) is 4.79 Å². The highest BCUT2D eigenvalue weighted by molar-refractivity contribution is 5.95. The van der Waals surface area contributed by atoms with Gasteiger partial charge in [0.2, 0.25) is 5.91 Å². The molecule has 6 heteroatoms. The van der Waals surface area contributed by atoms with E-state index in [0.717, 1.165) is 16.7 Å². The molecular weight excluding hydrogens is 328 g/mol. The first-order valence-corrected chi connectivity index (χ1v) is 8.73. The summed E-state index contributed by atoms with van der Waals surface area (Å²) < 4.78 is 0. The fourth-order valence-electron chi connectivity index (χ4n) is 3.04. The van der Waals surface area contributed by atoms with Crippen LogP contribution >= 0.6 is 0 Å². The van der Waals surface area contributed by atoms with Gasteiger partial charge >= 0.3 is 0 Å². The molecule has 0 aliphatic carbocycles. The third kappa shape index (κ3) is 4.33. The molecule has 1 fully saturated rings. The zero-order valence-corrected chi connectivity index (χ0v) is 14.8. The summed E-state index contributed by atoms with van der Waals surface area (Å²) in [6.45, 7) is 3.10. The van der Waals surface area contributed by atoms with Crippen molar-refractivity contribution in [3.05, 3.63) is 65.5 Å². The number of rotatable bonds is 4. The lowest BCUT2D eigenvalue weighted by Gasteiger charge is -2.31. The first-order valence-electron chi connectivity index (χ1n) is 8.73. The molecule has 6 nitrogen and oxygen atoms in total. The van der Waals surface area contributed by atoms with Crippen LogP contribution in [0, 0.1) is 12.8 Å². The van der Waals surface area contributed by atoms with E-state index in [9.17, 15) is 9.59 Å². The van der Waals surface area contributed by atoms with E-state index in [-0.39, 0.29) is 17.7 Å². The maximum Gasteiger partial charge on any atom is 0.254 e. The van der Waals surface area contributed by atoms with Gasteiger partial charge in [-0.25, -0.2) is 5.43 Å². The van der Waals surface area contributed by atoms with Gasteiger partial charge in [-0.15, -0.1) is 0 Å². The molecule has 1 saturated heterocycles. The molecule has 1 aromatic carbocycles. The van der Waals surface area contributed by atoms with Crippen LogP contribution < -0.4 is 5.43 Å². The van der Waals surface area contributed by atoms with Gasteiger partial charge in [-0.1, -0.05) is 18.2 Å². The minimum absolute atomic E-state index is 0.0395. The van der Waals surface area contributed by atoms with Crippen molar-refractivity contribution >= 4 is 18.0 Å². The lowest BCUT2D eigenvalue weighted by atomic mass is 9.95. The van der Waals surface area contributed by atoms with E-state index < -0.39 is 0 Å². The molecule has 1 aliphatic heterocycles. The highest BCUT2D eigenvalue weighted by Gasteiger charge is 2.28. The average molecular weight is 350 g/mol. The van der Waals surface area contributed by atoms with Gasteiger partial charge in [0, 0.05) is 37.0 Å². The lowest BCUT2D eigenvalue weighted by molar-refractivity contribution is -0.126. The highest BCUT2D eigenvalue weighted by Crippen LogP contribution is 2.20. The minimum Gasteiger partial charge on any atom is -0.339 e. The number of benzene rings is 1. The molecule has 2 amide bonds. The average Bonchev–Trinajstić information content (AvgIpc) is 2.69. The van der Waals surface area contributed by atoms with Gasteiger partial charge in [0.05, 0.1) is 6.21 Å². The van der Waals surface area contributed by atoms with E-state index in [1.807, 2.05) is 48.2 Å². The summed E-state index contributed by atoms with van der Waals surface area (Å²) in [5.74, 6) is -0.179. The summed E-state index contributed by atoms with van der Waals surface area (Å²) in [6.07, 6.45) is 6.23. The van der Waals surface area contributed by atoms with Crippen molar-refractivity contribution in [1.82, 2.24) is 15.3 Å². The molecule has 1 N–H and O–H groups in total. The van der Waals surface area contributed by atoms with Crippen LogP contribution in [0.5, 0.6) is 0 Å². The monoisotopic (exact) mass is 350 g/mol. The smallest absolute Gasteiger partial charge is 0.254 e. The molecule has 3 rings (SSSR count). The summed E-state index contributed by atoms with van der Waals surface area (Å²) >= 11 is 0. The SMILES string of the molecule is Cc1ccccc1C(=O)N1CCC(C(=O)NN=Cc2ccncc2)CC1. The summed E-state index contributed by atoms with van der Waals surface area (Å²) in [4.78, 5) is 30.6. The minimum atomic E-state index is -0.120. The number of carbonyl (C=O) groups excluding carboxylic acids is 2. The molecule has 1 aromatic heterocycles. The van der Waals surface area contributed by atoms with Gasteiger partial charge in [-0.2, -0.15) is 5.10 Å². The topological polar surface area (TPSA) is 74.7 Å². The molecular formula is C20H22N4O2. The third-order valence-electron chi connectivity index (χ3n) is 4.62. The Labute approximate surface area is 152 Å². The van der Waals surface area contributed by atoms with Gasteiger partial charge in [0.15, 0.2) is 0 Å². The van der Waals surface area contributed by atoms with Crippen LogP contribution in [0.15, 0.2) is 53.9 Å². The molecule has 0 spiro atoms. The molecule has 0 saturated carbocycles. The number of amides is 2. The van der Waals surface area contributed by atoms with Crippen molar-refractivity contribution in [2.24, 2.45) is 11.0 Å². The number of hydrogen-bond donors (Lipinski definition) is 1. The molecule has 0 radical (unpaired) electrons. The zero-order valence-electron chi connectivity index (χ0n) is 14.8. The van der Waals surface area contributed by atoms with E-state index in [4.69, 9.17) is 0 Å².